The molecule has 0 radical (unpaired) electrons. The molecule has 2 aliphatic rings. The molecule has 1 fully saturated rings. The third-order valence-corrected chi connectivity index (χ3v) is 4.58. The fourth-order valence-electron chi connectivity index (χ4n) is 2.44. The lowest BCUT2D eigenvalue weighted by Crippen LogP contribution is -2.46. The zero-order valence-electron chi connectivity index (χ0n) is 11.4. The van der Waals surface area contributed by atoms with Gasteiger partial charge in [-0.1, -0.05) is 11.2 Å². The number of thiophene rings is 1. The second kappa shape index (κ2) is 5.54. The van der Waals surface area contributed by atoms with Crippen molar-refractivity contribution in [2.24, 2.45) is 5.16 Å². The van der Waals surface area contributed by atoms with Crippen molar-refractivity contribution in [2.45, 2.75) is 37.9 Å². The molecule has 0 spiro atoms. The van der Waals surface area contributed by atoms with E-state index in [1.54, 1.807) is 18.3 Å². The predicted octanol–water partition coefficient (Wildman–Crippen LogP) is 1.93. The fourth-order valence-corrected chi connectivity index (χ4v) is 3.14. The number of hydrogen-bond acceptors (Lipinski definition) is 5. The lowest BCUT2D eigenvalue weighted by atomic mass is 9.98. The SMILES string of the molecule is C[C@@]1(C(=O)NC[C@H]2CCCO2)CC(c2cccs2)=NO1. The van der Waals surface area contributed by atoms with Crippen molar-refractivity contribution in [3.05, 3.63) is 22.4 Å². The van der Waals surface area contributed by atoms with Gasteiger partial charge in [0.25, 0.3) is 5.91 Å². The number of ether oxygens (including phenoxy) is 1. The molecule has 1 N–H and O–H groups in total. The van der Waals surface area contributed by atoms with E-state index in [9.17, 15) is 4.79 Å². The van der Waals surface area contributed by atoms with Crippen molar-refractivity contribution in [3.63, 3.8) is 0 Å². The molecule has 5 nitrogen and oxygen atoms in total. The molecule has 2 atom stereocenters. The van der Waals surface area contributed by atoms with E-state index in [4.69, 9.17) is 9.57 Å². The molecule has 0 saturated carbocycles. The van der Waals surface area contributed by atoms with Gasteiger partial charge in [-0.25, -0.2) is 0 Å². The van der Waals surface area contributed by atoms with Crippen molar-refractivity contribution in [1.29, 1.82) is 0 Å². The minimum atomic E-state index is -0.905. The van der Waals surface area contributed by atoms with Crippen LogP contribution in [-0.4, -0.2) is 36.5 Å². The molecule has 0 aromatic carbocycles. The molecule has 3 rings (SSSR count). The van der Waals surface area contributed by atoms with Crippen LogP contribution in [0.4, 0.5) is 0 Å². The fraction of sp³-hybridized carbons (Fsp3) is 0.571. The Balaban J connectivity index is 1.55. The van der Waals surface area contributed by atoms with Crippen LogP contribution in [0, 0.1) is 0 Å². The van der Waals surface area contributed by atoms with Gasteiger partial charge in [0.05, 0.1) is 11.0 Å². The predicted molar refractivity (Wildman–Crippen MR) is 76.9 cm³/mol. The second-order valence-electron chi connectivity index (χ2n) is 5.36. The van der Waals surface area contributed by atoms with Gasteiger partial charge in [-0.3, -0.25) is 4.79 Å². The molecule has 0 unspecified atom stereocenters. The van der Waals surface area contributed by atoms with Crippen molar-refractivity contribution in [2.75, 3.05) is 13.2 Å². The minimum Gasteiger partial charge on any atom is -0.379 e. The smallest absolute Gasteiger partial charge is 0.267 e. The first-order valence-electron chi connectivity index (χ1n) is 6.86. The first-order chi connectivity index (χ1) is 9.67. The average Bonchev–Trinajstić information content (AvgIpc) is 3.17. The van der Waals surface area contributed by atoms with Crippen LogP contribution >= 0.6 is 11.3 Å². The maximum Gasteiger partial charge on any atom is 0.267 e. The molecule has 1 aromatic heterocycles. The molecule has 6 heteroatoms. The van der Waals surface area contributed by atoms with Gasteiger partial charge in [0.15, 0.2) is 0 Å². The molecule has 20 heavy (non-hydrogen) atoms. The first kappa shape index (κ1) is 13.6. The Bertz CT molecular complexity index is 508. The molecule has 1 amide bonds. The van der Waals surface area contributed by atoms with Crippen LogP contribution < -0.4 is 5.32 Å². The van der Waals surface area contributed by atoms with Crippen LogP contribution in [0.15, 0.2) is 22.7 Å². The number of hydrogen-bond donors (Lipinski definition) is 1. The van der Waals surface area contributed by atoms with Crippen molar-refractivity contribution in [3.8, 4) is 0 Å². The Hall–Kier alpha value is -1.40. The van der Waals surface area contributed by atoms with Gasteiger partial charge in [-0.05, 0) is 31.2 Å². The number of carbonyl (C=O) groups is 1. The maximum absolute atomic E-state index is 12.3. The number of carbonyl (C=O) groups excluding carboxylic acids is 1. The first-order valence-corrected chi connectivity index (χ1v) is 7.74. The minimum absolute atomic E-state index is 0.122. The van der Waals surface area contributed by atoms with E-state index < -0.39 is 5.60 Å². The second-order valence-corrected chi connectivity index (χ2v) is 6.31. The summed E-state index contributed by atoms with van der Waals surface area (Å²) >= 11 is 1.60. The summed E-state index contributed by atoms with van der Waals surface area (Å²) in [6.45, 7) is 3.12. The van der Waals surface area contributed by atoms with E-state index >= 15 is 0 Å². The number of oxime groups is 1. The lowest BCUT2D eigenvalue weighted by molar-refractivity contribution is -0.142. The van der Waals surface area contributed by atoms with Gasteiger partial charge in [-0.15, -0.1) is 11.3 Å². The summed E-state index contributed by atoms with van der Waals surface area (Å²) in [6, 6.07) is 3.96. The van der Waals surface area contributed by atoms with Crippen LogP contribution in [0.3, 0.4) is 0 Å². The highest BCUT2D eigenvalue weighted by Crippen LogP contribution is 2.28. The molecule has 0 aliphatic carbocycles. The molecule has 2 aliphatic heterocycles. The Labute approximate surface area is 121 Å². The Morgan fingerprint density at radius 1 is 1.65 bits per heavy atom. The van der Waals surface area contributed by atoms with Crippen LogP contribution in [-0.2, 0) is 14.4 Å². The van der Waals surface area contributed by atoms with E-state index in [2.05, 4.69) is 10.5 Å². The standard InChI is InChI=1S/C14H18N2O3S/c1-14(13(17)15-9-10-4-2-6-18-10)8-11(16-19-14)12-5-3-7-20-12/h3,5,7,10H,2,4,6,8-9H2,1H3,(H,15,17)/t10-,14+/m1/s1. The Kier molecular flexibility index (Phi) is 3.76. The van der Waals surface area contributed by atoms with E-state index in [-0.39, 0.29) is 12.0 Å². The monoisotopic (exact) mass is 294 g/mol. The summed E-state index contributed by atoms with van der Waals surface area (Å²) < 4.78 is 5.50. The molecule has 3 heterocycles. The normalized spacial score (nSPS) is 29.1. The molecular formula is C14H18N2O3S. The lowest BCUT2D eigenvalue weighted by Gasteiger charge is -2.21. The van der Waals surface area contributed by atoms with Gasteiger partial charge in [0.1, 0.15) is 5.71 Å². The van der Waals surface area contributed by atoms with Gasteiger partial charge >= 0.3 is 0 Å². The summed E-state index contributed by atoms with van der Waals surface area (Å²) in [5, 5.41) is 8.97. The summed E-state index contributed by atoms with van der Waals surface area (Å²) in [5.74, 6) is -0.122. The molecular weight excluding hydrogens is 276 g/mol. The molecule has 0 bridgehead atoms. The number of amides is 1. The topological polar surface area (TPSA) is 59.9 Å². The average molecular weight is 294 g/mol. The summed E-state index contributed by atoms with van der Waals surface area (Å²) in [4.78, 5) is 18.7. The van der Waals surface area contributed by atoms with Crippen LogP contribution in [0.2, 0.25) is 0 Å². The van der Waals surface area contributed by atoms with Crippen molar-refractivity contribution in [1.82, 2.24) is 5.32 Å². The highest BCUT2D eigenvalue weighted by atomic mass is 32.1. The number of nitrogens with one attached hydrogen (secondary N) is 1. The Morgan fingerprint density at radius 3 is 3.25 bits per heavy atom. The van der Waals surface area contributed by atoms with Gasteiger partial charge in [0.2, 0.25) is 5.60 Å². The zero-order chi connectivity index (χ0) is 14.0. The molecule has 1 saturated heterocycles. The van der Waals surface area contributed by atoms with Gasteiger partial charge in [-0.2, -0.15) is 0 Å². The summed E-state index contributed by atoms with van der Waals surface area (Å²) in [5.41, 5.74) is -0.0625. The maximum atomic E-state index is 12.3. The van der Waals surface area contributed by atoms with Gasteiger partial charge < -0.3 is 14.9 Å². The third-order valence-electron chi connectivity index (χ3n) is 3.66. The summed E-state index contributed by atoms with van der Waals surface area (Å²) in [7, 11) is 0. The third kappa shape index (κ3) is 2.71. The largest absolute Gasteiger partial charge is 0.379 e. The Morgan fingerprint density at radius 2 is 2.55 bits per heavy atom. The van der Waals surface area contributed by atoms with E-state index in [1.165, 1.54) is 0 Å². The zero-order valence-corrected chi connectivity index (χ0v) is 12.2. The van der Waals surface area contributed by atoms with E-state index in [0.717, 1.165) is 30.0 Å². The highest BCUT2D eigenvalue weighted by Gasteiger charge is 2.42. The van der Waals surface area contributed by atoms with Gasteiger partial charge in [0, 0.05) is 19.6 Å². The van der Waals surface area contributed by atoms with E-state index in [1.807, 2.05) is 17.5 Å². The highest BCUT2D eigenvalue weighted by molar-refractivity contribution is 7.12. The number of rotatable bonds is 4. The summed E-state index contributed by atoms with van der Waals surface area (Å²) in [6.07, 6.45) is 2.72. The van der Waals surface area contributed by atoms with Crippen LogP contribution in [0.5, 0.6) is 0 Å². The molecule has 108 valence electrons. The quantitative estimate of drug-likeness (QED) is 0.923. The van der Waals surface area contributed by atoms with Crippen molar-refractivity contribution >= 4 is 23.0 Å². The van der Waals surface area contributed by atoms with Crippen molar-refractivity contribution < 1.29 is 14.4 Å². The van der Waals surface area contributed by atoms with Crippen LogP contribution in [0.1, 0.15) is 31.1 Å². The van der Waals surface area contributed by atoms with Crippen LogP contribution in [0.25, 0.3) is 0 Å². The number of nitrogens with zero attached hydrogens (tertiary/aromatic N) is 1. The van der Waals surface area contributed by atoms with E-state index in [0.29, 0.717) is 13.0 Å². The molecule has 1 aromatic rings.